The zero-order chi connectivity index (χ0) is 20.9. The van der Waals surface area contributed by atoms with Crippen LogP contribution in [-0.2, 0) is 12.6 Å². The number of pyridine rings is 1. The maximum absolute atomic E-state index is 11.3. The monoisotopic (exact) mass is 398 g/mol. The van der Waals surface area contributed by atoms with Crippen molar-refractivity contribution in [1.82, 2.24) is 29.9 Å². The Morgan fingerprint density at radius 3 is 2.70 bits per heavy atom. The van der Waals surface area contributed by atoms with Crippen LogP contribution in [0.4, 0.5) is 0 Å². The molecule has 0 fully saturated rings. The second-order valence-electron chi connectivity index (χ2n) is 7.78. The van der Waals surface area contributed by atoms with Crippen LogP contribution in [0.3, 0.4) is 0 Å². The number of aromatic amines is 2. The first-order valence-corrected chi connectivity index (χ1v) is 9.74. The lowest BCUT2D eigenvalue weighted by atomic mass is 9.89. The lowest BCUT2D eigenvalue weighted by Gasteiger charge is -2.24. The average Bonchev–Trinajstić information content (AvgIpc) is 3.46. The Kier molecular flexibility index (Phi) is 4.08. The van der Waals surface area contributed by atoms with Crippen molar-refractivity contribution in [3.63, 3.8) is 0 Å². The van der Waals surface area contributed by atoms with Gasteiger partial charge in [-0.25, -0.2) is 4.98 Å². The number of aryl methyl sites for hydroxylation is 2. The predicted octanol–water partition coefficient (Wildman–Crippen LogP) is 3.92. The largest absolute Gasteiger partial charge is 0.379 e. The molecule has 7 nitrogen and oxygen atoms in total. The molecule has 150 valence electrons. The molecule has 30 heavy (non-hydrogen) atoms. The molecule has 0 saturated heterocycles. The van der Waals surface area contributed by atoms with Crippen LogP contribution in [0.5, 0.6) is 0 Å². The normalized spacial score (nSPS) is 13.6. The third-order valence-electron chi connectivity index (χ3n) is 5.62. The van der Waals surface area contributed by atoms with Crippen LogP contribution in [0.15, 0.2) is 61.2 Å². The lowest BCUT2D eigenvalue weighted by Crippen LogP contribution is -2.24. The first kappa shape index (κ1) is 18.3. The minimum absolute atomic E-state index is 0.637. The van der Waals surface area contributed by atoms with Crippen molar-refractivity contribution in [3.05, 3.63) is 78.0 Å². The van der Waals surface area contributed by atoms with E-state index >= 15 is 0 Å². The molecule has 0 aliphatic heterocycles. The van der Waals surface area contributed by atoms with E-state index in [1.807, 2.05) is 69.1 Å². The molecule has 0 aliphatic carbocycles. The number of hydrogen-bond acceptors (Lipinski definition) is 4. The fraction of sp³-hybridized carbons (Fsp3) is 0.174. The maximum Gasteiger partial charge on any atom is 0.137 e. The molecule has 0 radical (unpaired) electrons. The fourth-order valence-electron chi connectivity index (χ4n) is 3.92. The molecule has 0 saturated carbocycles. The Labute approximate surface area is 173 Å². The third-order valence-corrected chi connectivity index (χ3v) is 5.62. The summed E-state index contributed by atoms with van der Waals surface area (Å²) in [4.78, 5) is 7.76. The third kappa shape index (κ3) is 2.91. The summed E-state index contributed by atoms with van der Waals surface area (Å²) in [6.07, 6.45) is 7.51. The van der Waals surface area contributed by atoms with E-state index in [1.54, 1.807) is 11.6 Å². The molecular weight excluding hydrogens is 376 g/mol. The van der Waals surface area contributed by atoms with Crippen LogP contribution in [0.25, 0.3) is 33.4 Å². The molecule has 0 bridgehead atoms. The summed E-state index contributed by atoms with van der Waals surface area (Å²) in [7, 11) is 1.89. The van der Waals surface area contributed by atoms with E-state index < -0.39 is 5.60 Å². The van der Waals surface area contributed by atoms with E-state index in [0.717, 1.165) is 44.5 Å². The predicted molar refractivity (Wildman–Crippen MR) is 116 cm³/mol. The summed E-state index contributed by atoms with van der Waals surface area (Å²) < 4.78 is 1.77. The summed E-state index contributed by atoms with van der Waals surface area (Å²) >= 11 is 0. The highest BCUT2D eigenvalue weighted by atomic mass is 16.3. The van der Waals surface area contributed by atoms with Gasteiger partial charge in [-0.15, -0.1) is 0 Å². The van der Waals surface area contributed by atoms with Crippen molar-refractivity contribution in [1.29, 1.82) is 0 Å². The second-order valence-corrected chi connectivity index (χ2v) is 7.78. The van der Waals surface area contributed by atoms with Crippen molar-refractivity contribution >= 4 is 11.0 Å². The van der Waals surface area contributed by atoms with E-state index in [9.17, 15) is 5.11 Å². The van der Waals surface area contributed by atoms with E-state index in [2.05, 4.69) is 31.3 Å². The van der Waals surface area contributed by atoms with Crippen molar-refractivity contribution in [2.45, 2.75) is 19.4 Å². The minimum atomic E-state index is -1.18. The average molecular weight is 398 g/mol. The molecule has 1 unspecified atom stereocenters. The van der Waals surface area contributed by atoms with Crippen molar-refractivity contribution in [2.24, 2.45) is 7.05 Å². The molecule has 0 spiro atoms. The van der Waals surface area contributed by atoms with Gasteiger partial charge in [-0.2, -0.15) is 10.2 Å². The van der Waals surface area contributed by atoms with Gasteiger partial charge in [0.1, 0.15) is 11.2 Å². The highest BCUT2D eigenvalue weighted by Gasteiger charge is 2.29. The number of fused-ring (bicyclic) bond motifs is 1. The van der Waals surface area contributed by atoms with Crippen LogP contribution in [0.1, 0.15) is 23.7 Å². The molecular formula is C23H22N6O. The van der Waals surface area contributed by atoms with Gasteiger partial charge in [0.25, 0.3) is 0 Å². The summed E-state index contributed by atoms with van der Waals surface area (Å²) in [5, 5.41) is 24.0. The molecule has 0 aliphatic rings. The molecule has 1 aromatic carbocycles. The zero-order valence-corrected chi connectivity index (χ0v) is 17.0. The first-order chi connectivity index (χ1) is 14.4. The number of aliphatic hydroxyl groups is 1. The molecule has 1 atom stereocenters. The van der Waals surface area contributed by atoms with Gasteiger partial charge in [0.2, 0.25) is 0 Å². The molecule has 5 aromatic rings. The highest BCUT2D eigenvalue weighted by Crippen LogP contribution is 2.34. The lowest BCUT2D eigenvalue weighted by molar-refractivity contribution is 0.0966. The quantitative estimate of drug-likeness (QED) is 0.428. The van der Waals surface area contributed by atoms with Crippen LogP contribution >= 0.6 is 0 Å². The summed E-state index contributed by atoms with van der Waals surface area (Å²) in [5.41, 5.74) is 5.77. The Morgan fingerprint density at radius 2 is 1.93 bits per heavy atom. The van der Waals surface area contributed by atoms with E-state index in [-0.39, 0.29) is 0 Å². The Bertz CT molecular complexity index is 1360. The molecule has 3 N–H and O–H groups in total. The number of hydrogen-bond donors (Lipinski definition) is 3. The topological polar surface area (TPSA) is 95.4 Å². The van der Waals surface area contributed by atoms with Crippen molar-refractivity contribution < 1.29 is 5.11 Å². The Balaban J connectivity index is 1.57. The molecule has 7 heteroatoms. The van der Waals surface area contributed by atoms with Crippen molar-refractivity contribution in [2.75, 3.05) is 0 Å². The molecule has 4 heterocycles. The van der Waals surface area contributed by atoms with Gasteiger partial charge in [-0.05, 0) is 37.1 Å². The minimum Gasteiger partial charge on any atom is -0.379 e. The van der Waals surface area contributed by atoms with E-state index in [0.29, 0.717) is 5.69 Å². The Morgan fingerprint density at radius 1 is 1.10 bits per heavy atom. The smallest absolute Gasteiger partial charge is 0.137 e. The first-order valence-electron chi connectivity index (χ1n) is 9.74. The van der Waals surface area contributed by atoms with Crippen molar-refractivity contribution in [3.8, 4) is 22.4 Å². The number of aromatic nitrogens is 6. The molecule has 4 aromatic heterocycles. The van der Waals surface area contributed by atoms with Gasteiger partial charge in [-0.3, -0.25) is 9.78 Å². The summed E-state index contributed by atoms with van der Waals surface area (Å²) in [5.74, 6) is 0. The van der Waals surface area contributed by atoms with Gasteiger partial charge in [-0.1, -0.05) is 24.3 Å². The molecule has 5 rings (SSSR count). The van der Waals surface area contributed by atoms with Gasteiger partial charge in [0, 0.05) is 47.7 Å². The van der Waals surface area contributed by atoms with Crippen LogP contribution in [-0.4, -0.2) is 35.1 Å². The van der Waals surface area contributed by atoms with E-state index in [4.69, 9.17) is 0 Å². The van der Waals surface area contributed by atoms with Gasteiger partial charge < -0.3 is 10.1 Å². The summed E-state index contributed by atoms with van der Waals surface area (Å²) in [6, 6.07) is 11.8. The van der Waals surface area contributed by atoms with E-state index in [1.165, 1.54) is 0 Å². The number of H-pyrrole nitrogens is 2. The standard InChI is InChI=1S/C23H22N6O/c1-14-6-4-5-7-19(14)23(2,30)21-9-20(27-28-21)18-12-25-22-17(18)8-15(10-24-22)16-11-26-29(3)13-16/h4-13,30H,1-3H3,(H,24,25)(H,27,28). The van der Waals surface area contributed by atoms with Gasteiger partial charge in [0.15, 0.2) is 0 Å². The second kappa shape index (κ2) is 6.67. The highest BCUT2D eigenvalue weighted by molar-refractivity contribution is 5.94. The number of nitrogens with zero attached hydrogens (tertiary/aromatic N) is 4. The molecule has 0 amide bonds. The van der Waals surface area contributed by atoms with Gasteiger partial charge >= 0.3 is 0 Å². The number of rotatable bonds is 4. The summed E-state index contributed by atoms with van der Waals surface area (Å²) in [6.45, 7) is 3.77. The SMILES string of the molecule is Cc1ccccc1C(C)(O)c1cc(-c2c[nH]c3ncc(-c4cnn(C)c4)cc23)n[nH]1. The van der Waals surface area contributed by atoms with Gasteiger partial charge in [0.05, 0.1) is 17.6 Å². The van der Waals surface area contributed by atoms with Crippen LogP contribution in [0, 0.1) is 6.92 Å². The maximum atomic E-state index is 11.3. The fourth-order valence-corrected chi connectivity index (χ4v) is 3.92. The Hall–Kier alpha value is -3.71. The zero-order valence-electron chi connectivity index (χ0n) is 17.0. The van der Waals surface area contributed by atoms with Crippen LogP contribution < -0.4 is 0 Å². The number of benzene rings is 1. The number of nitrogens with one attached hydrogen (secondary N) is 2. The van der Waals surface area contributed by atoms with Crippen LogP contribution in [0.2, 0.25) is 0 Å².